The Balaban J connectivity index is 0.970. The van der Waals surface area contributed by atoms with Crippen molar-refractivity contribution in [3.63, 3.8) is 0 Å². The minimum absolute atomic E-state index is 0.0698. The first-order valence-corrected chi connectivity index (χ1v) is 13.5. The average molecular weight is 512 g/mol. The fourth-order valence-electron chi connectivity index (χ4n) is 5.62. The first kappa shape index (κ1) is 24.4. The SMILES string of the molecule is CN(c1nccc(Nc2cc(C3CC3)[nH]n2)n1)C1CCN(CC(=O)NC2Cc3ccc(C#N)cc3C2)CC1. The van der Waals surface area contributed by atoms with Crippen LogP contribution in [0.25, 0.3) is 0 Å². The van der Waals surface area contributed by atoms with E-state index in [9.17, 15) is 4.79 Å². The van der Waals surface area contributed by atoms with Gasteiger partial charge in [0.05, 0.1) is 18.2 Å². The molecule has 0 spiro atoms. The maximum absolute atomic E-state index is 12.8. The summed E-state index contributed by atoms with van der Waals surface area (Å²) in [6.45, 7) is 2.12. The molecule has 2 fully saturated rings. The van der Waals surface area contributed by atoms with Gasteiger partial charge < -0.3 is 15.5 Å². The molecule has 3 aromatic rings. The van der Waals surface area contributed by atoms with Crippen LogP contribution in [0.5, 0.6) is 0 Å². The second-order valence-corrected chi connectivity index (χ2v) is 10.7. The maximum atomic E-state index is 12.8. The smallest absolute Gasteiger partial charge is 0.234 e. The van der Waals surface area contributed by atoms with Gasteiger partial charge in [0.15, 0.2) is 5.82 Å². The lowest BCUT2D eigenvalue weighted by molar-refractivity contribution is -0.123. The third-order valence-corrected chi connectivity index (χ3v) is 7.93. The van der Waals surface area contributed by atoms with Crippen LogP contribution in [0.1, 0.15) is 54.0 Å². The molecule has 1 unspecified atom stereocenters. The minimum atomic E-state index is 0.0698. The van der Waals surface area contributed by atoms with Crippen LogP contribution in [-0.4, -0.2) is 69.7 Å². The third-order valence-electron chi connectivity index (χ3n) is 7.93. The zero-order chi connectivity index (χ0) is 26.1. The molecule has 196 valence electrons. The van der Waals surface area contributed by atoms with Gasteiger partial charge in [0, 0.05) is 56.1 Å². The normalized spacial score (nSPS) is 19.5. The summed E-state index contributed by atoms with van der Waals surface area (Å²) in [5.74, 6) is 2.88. The molecule has 3 N–H and O–H groups in total. The molecule has 0 radical (unpaired) electrons. The number of anilines is 3. The molecule has 1 amide bonds. The van der Waals surface area contributed by atoms with E-state index in [1.54, 1.807) is 6.20 Å². The van der Waals surface area contributed by atoms with Crippen LogP contribution in [0, 0.1) is 11.3 Å². The van der Waals surface area contributed by atoms with Gasteiger partial charge in [-0.1, -0.05) is 6.07 Å². The van der Waals surface area contributed by atoms with Crippen LogP contribution in [0.2, 0.25) is 0 Å². The molecule has 10 heteroatoms. The quantitative estimate of drug-likeness (QED) is 0.422. The summed E-state index contributed by atoms with van der Waals surface area (Å²) >= 11 is 0. The van der Waals surface area contributed by atoms with Gasteiger partial charge in [0.25, 0.3) is 0 Å². The zero-order valence-corrected chi connectivity index (χ0v) is 21.7. The van der Waals surface area contributed by atoms with E-state index in [1.165, 1.54) is 29.7 Å². The van der Waals surface area contributed by atoms with Crippen molar-refractivity contribution in [1.29, 1.82) is 5.26 Å². The van der Waals surface area contributed by atoms with Gasteiger partial charge in [-0.05, 0) is 67.9 Å². The lowest BCUT2D eigenvalue weighted by Crippen LogP contribution is -2.48. The molecule has 1 aliphatic heterocycles. The molecule has 2 aromatic heterocycles. The van der Waals surface area contributed by atoms with Crippen LogP contribution >= 0.6 is 0 Å². The number of carbonyl (C=O) groups is 1. The number of carbonyl (C=O) groups excluding carboxylic acids is 1. The Morgan fingerprint density at radius 3 is 2.74 bits per heavy atom. The van der Waals surface area contributed by atoms with Crippen LogP contribution in [0.3, 0.4) is 0 Å². The number of amides is 1. The van der Waals surface area contributed by atoms with E-state index in [1.807, 2.05) is 31.3 Å². The molecule has 1 saturated carbocycles. The zero-order valence-electron chi connectivity index (χ0n) is 21.7. The maximum Gasteiger partial charge on any atom is 0.234 e. The van der Waals surface area contributed by atoms with Crippen LogP contribution in [0.15, 0.2) is 36.5 Å². The summed E-state index contributed by atoms with van der Waals surface area (Å²) in [6.07, 6.45) is 7.75. The van der Waals surface area contributed by atoms with Crippen molar-refractivity contribution in [2.24, 2.45) is 0 Å². The molecule has 2 aliphatic carbocycles. The number of likely N-dealkylation sites (tertiary alicyclic amines) is 1. The number of aromatic amines is 1. The molecule has 1 saturated heterocycles. The van der Waals surface area contributed by atoms with Gasteiger partial charge in [-0.3, -0.25) is 14.8 Å². The highest BCUT2D eigenvalue weighted by Crippen LogP contribution is 2.39. The van der Waals surface area contributed by atoms with E-state index in [0.717, 1.165) is 50.4 Å². The summed E-state index contributed by atoms with van der Waals surface area (Å²) < 4.78 is 0. The first-order valence-electron chi connectivity index (χ1n) is 13.5. The number of nitrogens with zero attached hydrogens (tertiary/aromatic N) is 6. The van der Waals surface area contributed by atoms with Gasteiger partial charge >= 0.3 is 0 Å². The average Bonchev–Trinajstić information content (AvgIpc) is 3.55. The van der Waals surface area contributed by atoms with Crippen molar-refractivity contribution in [2.75, 3.05) is 36.9 Å². The Kier molecular flexibility index (Phi) is 6.68. The topological polar surface area (TPSA) is 126 Å². The van der Waals surface area contributed by atoms with Crippen molar-refractivity contribution in [3.8, 4) is 6.07 Å². The monoisotopic (exact) mass is 511 g/mol. The second-order valence-electron chi connectivity index (χ2n) is 10.7. The highest BCUT2D eigenvalue weighted by Gasteiger charge is 2.28. The summed E-state index contributed by atoms with van der Waals surface area (Å²) in [6, 6.07) is 12.3. The Morgan fingerprint density at radius 1 is 1.13 bits per heavy atom. The number of benzene rings is 1. The molecule has 3 aliphatic rings. The third kappa shape index (κ3) is 5.48. The summed E-state index contributed by atoms with van der Waals surface area (Å²) in [5, 5.41) is 23.1. The number of nitrogens with one attached hydrogen (secondary N) is 3. The lowest BCUT2D eigenvalue weighted by Gasteiger charge is -2.36. The number of nitriles is 1. The van der Waals surface area contributed by atoms with Gasteiger partial charge in [-0.25, -0.2) is 4.98 Å². The van der Waals surface area contributed by atoms with Crippen molar-refractivity contribution < 1.29 is 4.79 Å². The van der Waals surface area contributed by atoms with Crippen molar-refractivity contribution >= 4 is 23.5 Å². The lowest BCUT2D eigenvalue weighted by atomic mass is 10.0. The number of H-pyrrole nitrogens is 1. The van der Waals surface area contributed by atoms with Crippen molar-refractivity contribution in [1.82, 2.24) is 30.4 Å². The Bertz CT molecular complexity index is 1350. The van der Waals surface area contributed by atoms with E-state index in [0.29, 0.717) is 30.0 Å². The summed E-state index contributed by atoms with van der Waals surface area (Å²) in [7, 11) is 2.04. The Hall–Kier alpha value is -3.97. The summed E-state index contributed by atoms with van der Waals surface area (Å²) in [5.41, 5.74) is 4.26. The molecule has 38 heavy (non-hydrogen) atoms. The molecule has 0 bridgehead atoms. The summed E-state index contributed by atoms with van der Waals surface area (Å²) in [4.78, 5) is 26.4. The van der Waals surface area contributed by atoms with Crippen molar-refractivity contribution in [2.45, 2.75) is 56.5 Å². The molecule has 10 nitrogen and oxygen atoms in total. The number of fused-ring (bicyclic) bond motifs is 1. The largest absolute Gasteiger partial charge is 0.352 e. The van der Waals surface area contributed by atoms with E-state index < -0.39 is 0 Å². The van der Waals surface area contributed by atoms with Gasteiger partial charge in [0.2, 0.25) is 11.9 Å². The fraction of sp³-hybridized carbons (Fsp3) is 0.464. The van der Waals surface area contributed by atoms with Crippen LogP contribution < -0.4 is 15.5 Å². The highest BCUT2D eigenvalue weighted by molar-refractivity contribution is 5.78. The number of aromatic nitrogens is 4. The van der Waals surface area contributed by atoms with Crippen LogP contribution in [-0.2, 0) is 17.6 Å². The number of piperidine rings is 1. The van der Waals surface area contributed by atoms with E-state index in [4.69, 9.17) is 10.2 Å². The van der Waals surface area contributed by atoms with E-state index in [-0.39, 0.29) is 11.9 Å². The highest BCUT2D eigenvalue weighted by atomic mass is 16.2. The van der Waals surface area contributed by atoms with Gasteiger partial charge in [-0.15, -0.1) is 0 Å². The minimum Gasteiger partial charge on any atom is -0.352 e. The van der Waals surface area contributed by atoms with Gasteiger partial charge in [0.1, 0.15) is 5.82 Å². The standard InChI is InChI=1S/C28H33N9O/c1-36(28-30-9-6-25(33-28)32-26-15-24(34-35-26)19-4-5-19)23-7-10-37(11-8-23)17-27(38)31-22-13-20-3-2-18(16-29)12-21(20)14-22/h2-3,6,9,12,15,19,22-23H,4-5,7-8,10-11,13-14,17H2,1H3,(H,31,38)(H2,30,32,33,34,35). The predicted octanol–water partition coefficient (Wildman–Crippen LogP) is 2.88. The molecule has 3 heterocycles. The van der Waals surface area contributed by atoms with Gasteiger partial charge in [-0.2, -0.15) is 15.3 Å². The number of rotatable bonds is 8. The number of hydrogen-bond acceptors (Lipinski definition) is 8. The van der Waals surface area contributed by atoms with Crippen molar-refractivity contribution in [3.05, 3.63) is 58.9 Å². The van der Waals surface area contributed by atoms with E-state index >= 15 is 0 Å². The molecule has 1 aromatic carbocycles. The first-order chi connectivity index (χ1) is 18.5. The molecular weight excluding hydrogens is 478 g/mol. The molecule has 1 atom stereocenters. The van der Waals surface area contributed by atoms with Crippen LogP contribution in [0.4, 0.5) is 17.6 Å². The molecular formula is C28H33N9O. The fourth-order valence-corrected chi connectivity index (χ4v) is 5.62. The Morgan fingerprint density at radius 2 is 1.95 bits per heavy atom. The predicted molar refractivity (Wildman–Crippen MR) is 144 cm³/mol. The number of hydrogen-bond donors (Lipinski definition) is 3. The Labute approximate surface area is 222 Å². The van der Waals surface area contributed by atoms with E-state index in [2.05, 4.69) is 47.8 Å². The molecule has 6 rings (SSSR count). The second kappa shape index (κ2) is 10.4.